The molecule has 0 aromatic rings. The minimum atomic E-state index is 0.760. The fraction of sp³-hybridized carbons (Fsp3) is 1.00. The van der Waals surface area contributed by atoms with Gasteiger partial charge < -0.3 is 5.32 Å². The van der Waals surface area contributed by atoms with Gasteiger partial charge in [0.1, 0.15) is 0 Å². The van der Waals surface area contributed by atoms with Crippen molar-refractivity contribution in [2.75, 3.05) is 26.2 Å². The minimum absolute atomic E-state index is 0.760. The summed E-state index contributed by atoms with van der Waals surface area (Å²) in [7, 11) is 0. The van der Waals surface area contributed by atoms with Crippen LogP contribution >= 0.6 is 0 Å². The Balaban J connectivity index is 2.48. The van der Waals surface area contributed by atoms with E-state index in [4.69, 9.17) is 0 Å². The third-order valence-corrected chi connectivity index (χ3v) is 3.26. The van der Waals surface area contributed by atoms with Gasteiger partial charge >= 0.3 is 0 Å². The number of nitrogens with one attached hydrogen (secondary N) is 1. The van der Waals surface area contributed by atoms with Crippen LogP contribution in [0.3, 0.4) is 0 Å². The molecule has 0 radical (unpaired) electrons. The van der Waals surface area contributed by atoms with Crippen LogP contribution in [0.5, 0.6) is 0 Å². The maximum absolute atomic E-state index is 3.51. The zero-order valence-electron chi connectivity index (χ0n) is 10.2. The molecule has 1 saturated heterocycles. The van der Waals surface area contributed by atoms with E-state index >= 15 is 0 Å². The SMILES string of the molecule is CCN(CC(C)C)C1CNCCC1C. The van der Waals surface area contributed by atoms with Gasteiger partial charge in [0.2, 0.25) is 0 Å². The Labute approximate surface area is 89.1 Å². The van der Waals surface area contributed by atoms with Crippen LogP contribution in [0, 0.1) is 11.8 Å². The summed E-state index contributed by atoms with van der Waals surface area (Å²) in [5.41, 5.74) is 0. The van der Waals surface area contributed by atoms with E-state index in [1.165, 1.54) is 32.6 Å². The molecule has 0 aromatic carbocycles. The molecule has 2 heteroatoms. The molecular weight excluding hydrogens is 172 g/mol. The summed E-state index contributed by atoms with van der Waals surface area (Å²) in [6.07, 6.45) is 1.33. The quantitative estimate of drug-likeness (QED) is 0.743. The van der Waals surface area contributed by atoms with Crippen molar-refractivity contribution >= 4 is 0 Å². The van der Waals surface area contributed by atoms with Crippen molar-refractivity contribution < 1.29 is 0 Å². The summed E-state index contributed by atoms with van der Waals surface area (Å²) in [6, 6.07) is 0.760. The molecule has 1 rings (SSSR count). The summed E-state index contributed by atoms with van der Waals surface area (Å²) in [4.78, 5) is 2.64. The fourth-order valence-electron chi connectivity index (χ4n) is 2.43. The van der Waals surface area contributed by atoms with Crippen LogP contribution in [0.1, 0.15) is 34.1 Å². The standard InChI is InChI=1S/C12H26N2/c1-5-14(9-10(2)3)12-8-13-7-6-11(12)4/h10-13H,5-9H2,1-4H3. The lowest BCUT2D eigenvalue weighted by Gasteiger charge is -2.39. The van der Waals surface area contributed by atoms with Crippen LogP contribution in [0.25, 0.3) is 0 Å². The van der Waals surface area contributed by atoms with Gasteiger partial charge in [-0.1, -0.05) is 27.7 Å². The first-order chi connectivity index (χ1) is 6.65. The highest BCUT2D eigenvalue weighted by Crippen LogP contribution is 2.18. The van der Waals surface area contributed by atoms with Crippen molar-refractivity contribution in [3.05, 3.63) is 0 Å². The Morgan fingerprint density at radius 2 is 2.14 bits per heavy atom. The number of nitrogens with zero attached hydrogens (tertiary/aromatic N) is 1. The Morgan fingerprint density at radius 1 is 1.43 bits per heavy atom. The Hall–Kier alpha value is -0.0800. The summed E-state index contributed by atoms with van der Waals surface area (Å²) in [6.45, 7) is 14.1. The summed E-state index contributed by atoms with van der Waals surface area (Å²) in [5.74, 6) is 1.64. The summed E-state index contributed by atoms with van der Waals surface area (Å²) >= 11 is 0. The molecule has 1 N–H and O–H groups in total. The lowest BCUT2D eigenvalue weighted by Crippen LogP contribution is -2.51. The van der Waals surface area contributed by atoms with Crippen molar-refractivity contribution in [1.29, 1.82) is 0 Å². The maximum Gasteiger partial charge on any atom is 0.0246 e. The molecule has 0 bridgehead atoms. The van der Waals surface area contributed by atoms with Gasteiger partial charge in [0, 0.05) is 19.1 Å². The Bertz CT molecular complexity index is 156. The molecule has 0 aromatic heterocycles. The zero-order valence-corrected chi connectivity index (χ0v) is 10.2. The second-order valence-electron chi connectivity index (χ2n) is 5.02. The minimum Gasteiger partial charge on any atom is -0.315 e. The number of piperidine rings is 1. The first kappa shape index (κ1) is 12.0. The summed E-state index contributed by atoms with van der Waals surface area (Å²) < 4.78 is 0. The van der Waals surface area contributed by atoms with E-state index in [0.29, 0.717) is 0 Å². The van der Waals surface area contributed by atoms with Crippen molar-refractivity contribution in [3.8, 4) is 0 Å². The average Bonchev–Trinajstić information content (AvgIpc) is 2.15. The van der Waals surface area contributed by atoms with Gasteiger partial charge in [0.15, 0.2) is 0 Å². The van der Waals surface area contributed by atoms with Gasteiger partial charge in [-0.25, -0.2) is 0 Å². The molecule has 84 valence electrons. The molecule has 2 atom stereocenters. The Morgan fingerprint density at radius 3 is 2.64 bits per heavy atom. The Kier molecular flexibility index (Phi) is 4.90. The highest BCUT2D eigenvalue weighted by atomic mass is 15.2. The number of hydrogen-bond acceptors (Lipinski definition) is 2. The lowest BCUT2D eigenvalue weighted by molar-refractivity contribution is 0.115. The zero-order chi connectivity index (χ0) is 10.6. The van der Waals surface area contributed by atoms with Crippen LogP contribution in [-0.2, 0) is 0 Å². The van der Waals surface area contributed by atoms with Gasteiger partial charge in [-0.2, -0.15) is 0 Å². The van der Waals surface area contributed by atoms with E-state index in [1.807, 2.05) is 0 Å². The second-order valence-corrected chi connectivity index (χ2v) is 5.02. The molecular formula is C12H26N2. The van der Waals surface area contributed by atoms with Crippen molar-refractivity contribution in [2.24, 2.45) is 11.8 Å². The monoisotopic (exact) mass is 198 g/mol. The average molecular weight is 198 g/mol. The normalized spacial score (nSPS) is 28.7. The third kappa shape index (κ3) is 3.25. The first-order valence-corrected chi connectivity index (χ1v) is 6.09. The van der Waals surface area contributed by atoms with Crippen molar-refractivity contribution in [3.63, 3.8) is 0 Å². The summed E-state index contributed by atoms with van der Waals surface area (Å²) in [5, 5.41) is 3.51. The van der Waals surface area contributed by atoms with Crippen LogP contribution < -0.4 is 5.32 Å². The van der Waals surface area contributed by atoms with Crippen molar-refractivity contribution in [1.82, 2.24) is 10.2 Å². The maximum atomic E-state index is 3.51. The van der Waals surface area contributed by atoms with Crippen LogP contribution in [0.4, 0.5) is 0 Å². The van der Waals surface area contributed by atoms with Gasteiger partial charge in [0.25, 0.3) is 0 Å². The van der Waals surface area contributed by atoms with Crippen LogP contribution in [0.2, 0.25) is 0 Å². The predicted molar refractivity (Wildman–Crippen MR) is 62.5 cm³/mol. The number of rotatable bonds is 4. The molecule has 0 saturated carbocycles. The van der Waals surface area contributed by atoms with Gasteiger partial charge in [-0.05, 0) is 31.3 Å². The highest BCUT2D eigenvalue weighted by Gasteiger charge is 2.26. The molecule has 1 fully saturated rings. The van der Waals surface area contributed by atoms with E-state index < -0.39 is 0 Å². The molecule has 1 heterocycles. The molecule has 2 unspecified atom stereocenters. The van der Waals surface area contributed by atoms with Gasteiger partial charge in [-0.15, -0.1) is 0 Å². The van der Waals surface area contributed by atoms with E-state index in [9.17, 15) is 0 Å². The molecule has 1 aliphatic heterocycles. The van der Waals surface area contributed by atoms with E-state index in [-0.39, 0.29) is 0 Å². The number of hydrogen-bond donors (Lipinski definition) is 1. The molecule has 0 spiro atoms. The smallest absolute Gasteiger partial charge is 0.0246 e. The van der Waals surface area contributed by atoms with E-state index in [1.54, 1.807) is 0 Å². The third-order valence-electron chi connectivity index (χ3n) is 3.26. The van der Waals surface area contributed by atoms with Gasteiger partial charge in [-0.3, -0.25) is 4.90 Å². The lowest BCUT2D eigenvalue weighted by atomic mass is 9.93. The number of likely N-dealkylation sites (N-methyl/N-ethyl adjacent to an activating group) is 1. The van der Waals surface area contributed by atoms with E-state index in [2.05, 4.69) is 37.9 Å². The molecule has 14 heavy (non-hydrogen) atoms. The molecule has 1 aliphatic rings. The largest absolute Gasteiger partial charge is 0.315 e. The molecule has 2 nitrogen and oxygen atoms in total. The fourth-order valence-corrected chi connectivity index (χ4v) is 2.43. The van der Waals surface area contributed by atoms with Crippen molar-refractivity contribution in [2.45, 2.75) is 40.2 Å². The van der Waals surface area contributed by atoms with E-state index in [0.717, 1.165) is 17.9 Å². The highest BCUT2D eigenvalue weighted by molar-refractivity contribution is 4.83. The molecule has 0 amide bonds. The van der Waals surface area contributed by atoms with Crippen LogP contribution in [0.15, 0.2) is 0 Å². The first-order valence-electron chi connectivity index (χ1n) is 6.09. The topological polar surface area (TPSA) is 15.3 Å². The van der Waals surface area contributed by atoms with Crippen LogP contribution in [-0.4, -0.2) is 37.1 Å². The van der Waals surface area contributed by atoms with Gasteiger partial charge in [0.05, 0.1) is 0 Å². The molecule has 0 aliphatic carbocycles. The predicted octanol–water partition coefficient (Wildman–Crippen LogP) is 1.96. The second kappa shape index (κ2) is 5.72.